The Morgan fingerprint density at radius 1 is 1.30 bits per heavy atom. The van der Waals surface area contributed by atoms with E-state index in [4.69, 9.17) is 4.55 Å². The lowest BCUT2D eigenvalue weighted by molar-refractivity contribution is 0.490. The zero-order chi connectivity index (χ0) is 16.9. The maximum absolute atomic E-state index is 13.0. The van der Waals surface area contributed by atoms with Gasteiger partial charge in [-0.25, -0.2) is 19.3 Å². The molecule has 0 aliphatic carbocycles. The number of nitrogens with one attached hydrogen (secondary N) is 2. The summed E-state index contributed by atoms with van der Waals surface area (Å²) in [6, 6.07) is 6.43. The second-order valence-corrected chi connectivity index (χ2v) is 6.01. The maximum atomic E-state index is 13.0. The second-order valence-electron chi connectivity index (χ2n) is 4.54. The molecule has 8 nitrogen and oxygen atoms in total. The molecule has 0 radical (unpaired) electrons. The molecule has 0 aliphatic heterocycles. The number of aromatic amines is 1. The average molecular weight is 339 g/mol. The quantitative estimate of drug-likeness (QED) is 0.620. The van der Waals surface area contributed by atoms with Crippen molar-refractivity contribution < 1.29 is 17.4 Å². The summed E-state index contributed by atoms with van der Waals surface area (Å²) in [7, 11) is -3.67. The van der Waals surface area contributed by atoms with Crippen molar-refractivity contribution >= 4 is 27.1 Å². The third-order valence-corrected chi connectivity index (χ3v) is 2.57. The number of hydrogen-bond donors (Lipinski definition) is 3. The van der Waals surface area contributed by atoms with Gasteiger partial charge in [0.1, 0.15) is 17.7 Å². The number of nitrogens with zero attached hydrogens (tertiary/aromatic N) is 3. The van der Waals surface area contributed by atoms with E-state index in [1.807, 2.05) is 6.07 Å². The van der Waals surface area contributed by atoms with Crippen molar-refractivity contribution in [1.29, 1.82) is 0 Å². The molecular formula is C13H14FN5O3S. The largest absolute Gasteiger partial charge is 0.364 e. The van der Waals surface area contributed by atoms with E-state index in [0.29, 0.717) is 24.3 Å². The highest BCUT2D eigenvalue weighted by Crippen LogP contribution is 2.15. The van der Waals surface area contributed by atoms with E-state index in [1.165, 1.54) is 18.5 Å². The zero-order valence-corrected chi connectivity index (χ0v) is 12.9. The average Bonchev–Trinajstić information content (AvgIpc) is 2.92. The summed E-state index contributed by atoms with van der Waals surface area (Å²) in [6.07, 6.45) is 3.72. The Balaban J connectivity index is 0.000000338. The molecule has 3 rings (SSSR count). The fourth-order valence-corrected chi connectivity index (χ4v) is 1.73. The standard InChI is InChI=1S/C12H10FN5.CH4O3S/c13-9-3-1-2-8(4-9)5-14-11-10-12(16-6-15-10)18-7-17-11;1-5(2,3)4/h1-4,6-7H,5H2,(H2,14,15,16,17,18);1H3,(H,2,3,4). The first-order valence-corrected chi connectivity index (χ1v) is 8.22. The number of benzene rings is 1. The molecule has 0 aliphatic rings. The van der Waals surface area contributed by atoms with Crippen molar-refractivity contribution in [2.24, 2.45) is 0 Å². The fraction of sp³-hybridized carbons (Fsp3) is 0.154. The number of rotatable bonds is 3. The van der Waals surface area contributed by atoms with Crippen LogP contribution in [-0.2, 0) is 16.7 Å². The van der Waals surface area contributed by atoms with E-state index in [9.17, 15) is 12.8 Å². The van der Waals surface area contributed by atoms with Gasteiger partial charge in [-0.2, -0.15) is 8.42 Å². The molecule has 10 heteroatoms. The Hall–Kier alpha value is -2.59. The Bertz CT molecular complexity index is 889. The van der Waals surface area contributed by atoms with E-state index in [0.717, 1.165) is 11.1 Å². The third kappa shape index (κ3) is 5.60. The number of imidazole rings is 1. The lowest BCUT2D eigenvalue weighted by Crippen LogP contribution is -2.02. The van der Waals surface area contributed by atoms with Crippen LogP contribution < -0.4 is 5.32 Å². The van der Waals surface area contributed by atoms with Crippen molar-refractivity contribution in [2.75, 3.05) is 11.6 Å². The van der Waals surface area contributed by atoms with Gasteiger partial charge in [0.15, 0.2) is 11.5 Å². The molecule has 2 heterocycles. The molecule has 0 spiro atoms. The Labute approximate surface area is 131 Å². The van der Waals surface area contributed by atoms with Gasteiger partial charge in [0.2, 0.25) is 0 Å². The molecule has 0 saturated carbocycles. The number of aromatic nitrogens is 4. The van der Waals surface area contributed by atoms with Crippen molar-refractivity contribution in [3.8, 4) is 0 Å². The summed E-state index contributed by atoms with van der Waals surface area (Å²) in [5.41, 5.74) is 2.20. The molecule has 122 valence electrons. The number of hydrogen-bond acceptors (Lipinski definition) is 6. The summed E-state index contributed by atoms with van der Waals surface area (Å²) in [5.74, 6) is 0.408. The summed E-state index contributed by atoms with van der Waals surface area (Å²) in [6.45, 7) is 0.489. The Morgan fingerprint density at radius 2 is 2.04 bits per heavy atom. The highest BCUT2D eigenvalue weighted by atomic mass is 32.2. The van der Waals surface area contributed by atoms with Gasteiger partial charge in [0.25, 0.3) is 10.1 Å². The minimum atomic E-state index is -3.67. The molecule has 0 unspecified atom stereocenters. The smallest absolute Gasteiger partial charge is 0.261 e. The van der Waals surface area contributed by atoms with Gasteiger partial charge in [0, 0.05) is 6.54 Å². The lowest BCUT2D eigenvalue weighted by Gasteiger charge is -2.05. The molecular weight excluding hydrogens is 325 g/mol. The molecule has 3 N–H and O–H groups in total. The van der Waals surface area contributed by atoms with Gasteiger partial charge in [-0.1, -0.05) is 12.1 Å². The van der Waals surface area contributed by atoms with Crippen LogP contribution in [0.3, 0.4) is 0 Å². The molecule has 3 aromatic rings. The van der Waals surface area contributed by atoms with Crippen molar-refractivity contribution in [3.63, 3.8) is 0 Å². The monoisotopic (exact) mass is 339 g/mol. The number of fused-ring (bicyclic) bond motifs is 1. The molecule has 0 fully saturated rings. The first-order valence-electron chi connectivity index (χ1n) is 6.38. The summed E-state index contributed by atoms with van der Waals surface area (Å²) < 4.78 is 38.9. The fourth-order valence-electron chi connectivity index (χ4n) is 1.73. The topological polar surface area (TPSA) is 121 Å². The van der Waals surface area contributed by atoms with Gasteiger partial charge < -0.3 is 10.3 Å². The Kier molecular flexibility index (Phi) is 5.19. The van der Waals surface area contributed by atoms with E-state index in [2.05, 4.69) is 25.3 Å². The summed E-state index contributed by atoms with van der Waals surface area (Å²) >= 11 is 0. The van der Waals surface area contributed by atoms with Crippen LogP contribution >= 0.6 is 0 Å². The molecule has 0 bridgehead atoms. The molecule has 2 aromatic heterocycles. The first-order chi connectivity index (χ1) is 10.8. The summed E-state index contributed by atoms with van der Waals surface area (Å²) in [4.78, 5) is 15.2. The van der Waals surface area contributed by atoms with E-state index < -0.39 is 10.1 Å². The number of anilines is 1. The van der Waals surface area contributed by atoms with E-state index in [-0.39, 0.29) is 5.82 Å². The van der Waals surface area contributed by atoms with Crippen LogP contribution in [0.2, 0.25) is 0 Å². The summed E-state index contributed by atoms with van der Waals surface area (Å²) in [5, 5.41) is 3.13. The van der Waals surface area contributed by atoms with Crippen LogP contribution in [0.1, 0.15) is 5.56 Å². The third-order valence-electron chi connectivity index (χ3n) is 2.57. The van der Waals surface area contributed by atoms with Gasteiger partial charge in [-0.15, -0.1) is 0 Å². The van der Waals surface area contributed by atoms with Gasteiger partial charge >= 0.3 is 0 Å². The first kappa shape index (κ1) is 16.8. The SMILES string of the molecule is CS(=O)(=O)O.Fc1cccc(CNc2ncnc3nc[nH]c23)c1. The molecule has 0 saturated heterocycles. The van der Waals surface area contributed by atoms with Crippen LogP contribution in [0.5, 0.6) is 0 Å². The van der Waals surface area contributed by atoms with Crippen molar-refractivity contribution in [3.05, 3.63) is 48.3 Å². The van der Waals surface area contributed by atoms with Crippen molar-refractivity contribution in [1.82, 2.24) is 19.9 Å². The zero-order valence-electron chi connectivity index (χ0n) is 12.1. The van der Waals surface area contributed by atoms with Gasteiger partial charge in [-0.05, 0) is 17.7 Å². The normalized spacial score (nSPS) is 10.9. The van der Waals surface area contributed by atoms with Crippen LogP contribution in [0, 0.1) is 5.82 Å². The highest BCUT2D eigenvalue weighted by molar-refractivity contribution is 7.85. The number of halogens is 1. The minimum absolute atomic E-state index is 0.247. The van der Waals surface area contributed by atoms with Gasteiger partial charge in [-0.3, -0.25) is 4.55 Å². The predicted molar refractivity (Wildman–Crippen MR) is 82.9 cm³/mol. The van der Waals surface area contributed by atoms with Crippen LogP contribution in [-0.4, -0.2) is 39.2 Å². The Morgan fingerprint density at radius 3 is 2.74 bits per heavy atom. The predicted octanol–water partition coefficient (Wildman–Crippen LogP) is 1.61. The van der Waals surface area contributed by atoms with Gasteiger partial charge in [0.05, 0.1) is 12.6 Å². The van der Waals surface area contributed by atoms with E-state index >= 15 is 0 Å². The number of H-pyrrole nitrogens is 1. The van der Waals surface area contributed by atoms with Crippen LogP contribution in [0.15, 0.2) is 36.9 Å². The highest BCUT2D eigenvalue weighted by Gasteiger charge is 2.05. The molecule has 0 atom stereocenters. The lowest BCUT2D eigenvalue weighted by atomic mass is 10.2. The van der Waals surface area contributed by atoms with Crippen LogP contribution in [0.25, 0.3) is 11.2 Å². The molecule has 23 heavy (non-hydrogen) atoms. The minimum Gasteiger partial charge on any atom is -0.364 e. The molecule has 0 amide bonds. The maximum Gasteiger partial charge on any atom is 0.261 e. The van der Waals surface area contributed by atoms with Crippen molar-refractivity contribution in [2.45, 2.75) is 6.54 Å². The van der Waals surface area contributed by atoms with Crippen LogP contribution in [0.4, 0.5) is 10.2 Å². The van der Waals surface area contributed by atoms with E-state index in [1.54, 1.807) is 12.4 Å². The molecule has 1 aromatic carbocycles. The second kappa shape index (κ2) is 7.11.